The van der Waals surface area contributed by atoms with Crippen LogP contribution in [0.15, 0.2) is 48.5 Å². The highest BCUT2D eigenvalue weighted by atomic mass is 32.1. The summed E-state index contributed by atoms with van der Waals surface area (Å²) >= 11 is 1.86. The lowest BCUT2D eigenvalue weighted by molar-refractivity contribution is 1.50. The molecule has 3 rings (SSSR count). The first kappa shape index (κ1) is 11.2. The zero-order valence-corrected chi connectivity index (χ0v) is 10.8. The maximum absolute atomic E-state index is 5.75. The SMILES string of the molecule is CC.[2H]C.c1ccc2c(c1)sc1ccccc12. The van der Waals surface area contributed by atoms with Crippen molar-refractivity contribution in [2.75, 3.05) is 0 Å². The van der Waals surface area contributed by atoms with Gasteiger partial charge in [-0.3, -0.25) is 0 Å². The lowest BCUT2D eigenvalue weighted by atomic mass is 10.2. The van der Waals surface area contributed by atoms with Crippen molar-refractivity contribution in [3.63, 3.8) is 0 Å². The van der Waals surface area contributed by atoms with Crippen molar-refractivity contribution in [3.8, 4) is 0 Å². The molecule has 2 aromatic carbocycles. The largest absolute Gasteiger partial charge is 0.135 e. The smallest absolute Gasteiger partial charge is 0.0355 e. The molecule has 0 bridgehead atoms. The number of hydrogen-bond donors (Lipinski definition) is 0. The van der Waals surface area contributed by atoms with Crippen LogP contribution in [-0.2, 0) is 0 Å². The number of benzene rings is 2. The van der Waals surface area contributed by atoms with Gasteiger partial charge in [0.05, 0.1) is 0 Å². The van der Waals surface area contributed by atoms with E-state index in [0.717, 1.165) is 0 Å². The summed E-state index contributed by atoms with van der Waals surface area (Å²) < 4.78 is 8.51. The first-order valence-corrected chi connectivity index (χ1v) is 6.13. The van der Waals surface area contributed by atoms with Gasteiger partial charge in [-0.2, -0.15) is 0 Å². The minimum atomic E-state index is 1.25. The molecule has 0 fully saturated rings. The van der Waals surface area contributed by atoms with Crippen molar-refractivity contribution in [2.45, 2.75) is 21.3 Å². The van der Waals surface area contributed by atoms with E-state index in [-0.39, 0.29) is 0 Å². The Kier molecular flexibility index (Phi) is 3.95. The van der Waals surface area contributed by atoms with E-state index >= 15 is 0 Å². The predicted octanol–water partition coefficient (Wildman–Crippen LogP) is 5.72. The Morgan fingerprint density at radius 2 is 1.19 bits per heavy atom. The van der Waals surface area contributed by atoms with Crippen LogP contribution in [0.3, 0.4) is 0 Å². The second-order valence-electron chi connectivity index (χ2n) is 3.09. The lowest BCUT2D eigenvalue weighted by Gasteiger charge is -1.88. The van der Waals surface area contributed by atoms with E-state index in [1.807, 2.05) is 25.2 Å². The fraction of sp³-hybridized carbons (Fsp3) is 0.200. The molecule has 16 heavy (non-hydrogen) atoms. The molecular weight excluding hydrogens is 212 g/mol. The Morgan fingerprint density at radius 3 is 1.62 bits per heavy atom. The Morgan fingerprint density at radius 1 is 0.812 bits per heavy atom. The van der Waals surface area contributed by atoms with Crippen LogP contribution in [0, 0.1) is 0 Å². The molecule has 3 aromatic rings. The van der Waals surface area contributed by atoms with Crippen molar-refractivity contribution in [2.24, 2.45) is 0 Å². The molecule has 1 aromatic heterocycles. The topological polar surface area (TPSA) is 0 Å². The summed E-state index contributed by atoms with van der Waals surface area (Å²) in [7, 11) is 1.25. The van der Waals surface area contributed by atoms with E-state index in [9.17, 15) is 0 Å². The summed E-state index contributed by atoms with van der Waals surface area (Å²) in [6.45, 7) is 4.00. The van der Waals surface area contributed by atoms with Gasteiger partial charge in [-0.15, -0.1) is 11.3 Å². The second-order valence-corrected chi connectivity index (χ2v) is 4.18. The van der Waals surface area contributed by atoms with Crippen molar-refractivity contribution in [1.82, 2.24) is 0 Å². The number of hydrogen-bond acceptors (Lipinski definition) is 1. The Hall–Kier alpha value is -1.34. The van der Waals surface area contributed by atoms with Crippen molar-refractivity contribution < 1.29 is 1.37 Å². The first-order chi connectivity index (χ1) is 8.45. The predicted molar refractivity (Wildman–Crippen MR) is 77.4 cm³/mol. The molecule has 84 valence electrons. The van der Waals surface area contributed by atoms with Gasteiger partial charge in [0.25, 0.3) is 0 Å². The van der Waals surface area contributed by atoms with Crippen LogP contribution in [0.4, 0.5) is 0 Å². The van der Waals surface area contributed by atoms with E-state index in [0.29, 0.717) is 0 Å². The third-order valence-corrected chi connectivity index (χ3v) is 3.44. The van der Waals surface area contributed by atoms with E-state index < -0.39 is 0 Å². The molecule has 0 amide bonds. The van der Waals surface area contributed by atoms with Crippen LogP contribution in [0.5, 0.6) is 0 Å². The fourth-order valence-electron chi connectivity index (χ4n) is 1.67. The van der Waals surface area contributed by atoms with Crippen LogP contribution in [0.1, 0.15) is 22.6 Å². The van der Waals surface area contributed by atoms with Gasteiger partial charge in [0.1, 0.15) is 0 Å². The quantitative estimate of drug-likeness (QED) is 0.464. The zero-order valence-electron chi connectivity index (χ0n) is 11.0. The maximum Gasteiger partial charge on any atom is 0.0355 e. The summed E-state index contributed by atoms with van der Waals surface area (Å²) in [6, 6.07) is 17.1. The maximum atomic E-state index is 5.75. The minimum absolute atomic E-state index is 1.25. The summed E-state index contributed by atoms with van der Waals surface area (Å²) in [4.78, 5) is 0. The van der Waals surface area contributed by atoms with E-state index in [1.54, 1.807) is 0 Å². The molecular formula is C15H18S. The number of thiophene rings is 1. The number of rotatable bonds is 0. The third-order valence-electron chi connectivity index (χ3n) is 2.28. The van der Waals surface area contributed by atoms with E-state index in [4.69, 9.17) is 1.37 Å². The molecule has 0 aliphatic carbocycles. The number of fused-ring (bicyclic) bond motifs is 3. The first-order valence-electron chi connectivity index (χ1n) is 6.31. The molecule has 1 heterocycles. The average molecular weight is 231 g/mol. The van der Waals surface area contributed by atoms with Crippen LogP contribution in [0.2, 0.25) is 0 Å². The third kappa shape index (κ3) is 2.10. The monoisotopic (exact) mass is 231 g/mol. The molecule has 0 N–H and O–H groups in total. The van der Waals surface area contributed by atoms with E-state index in [1.165, 1.54) is 27.6 Å². The van der Waals surface area contributed by atoms with E-state index in [2.05, 4.69) is 48.5 Å². The van der Waals surface area contributed by atoms with Crippen LogP contribution in [-0.4, -0.2) is 0 Å². The van der Waals surface area contributed by atoms with Gasteiger partial charge >= 0.3 is 0 Å². The van der Waals surface area contributed by atoms with Crippen LogP contribution >= 0.6 is 11.3 Å². The van der Waals surface area contributed by atoms with Gasteiger partial charge in [-0.1, -0.05) is 57.6 Å². The molecule has 0 aliphatic rings. The normalized spacial score (nSPS) is 9.81. The Balaban J connectivity index is 0.000000330. The van der Waals surface area contributed by atoms with Gasteiger partial charge in [-0.05, 0) is 12.1 Å². The molecule has 0 spiro atoms. The standard InChI is InChI=1S/C12H8S.C2H6.CH4/c1-3-7-11-9(5-1)10-6-2-4-8-12(10)13-11;1-2;/h1-8H;1-2H3;1H4/i;;1D. The molecule has 0 aliphatic heterocycles. The molecule has 1 heteroatoms. The summed E-state index contributed by atoms with van der Waals surface area (Å²) in [6.07, 6.45) is 0. The average Bonchev–Trinajstić information content (AvgIpc) is 2.82. The highest BCUT2D eigenvalue weighted by molar-refractivity contribution is 7.25. The molecule has 0 saturated carbocycles. The summed E-state index contributed by atoms with van der Waals surface area (Å²) in [5, 5.41) is 2.76. The fourth-order valence-corrected chi connectivity index (χ4v) is 2.78. The Bertz CT molecular complexity index is 519. The van der Waals surface area contributed by atoms with Gasteiger partial charge in [0, 0.05) is 21.5 Å². The molecule has 0 saturated heterocycles. The second kappa shape index (κ2) is 5.66. The van der Waals surface area contributed by atoms with Crippen molar-refractivity contribution in [3.05, 3.63) is 48.5 Å². The molecule has 0 nitrogen and oxygen atoms in total. The van der Waals surface area contributed by atoms with Crippen molar-refractivity contribution in [1.29, 1.82) is 0 Å². The highest BCUT2D eigenvalue weighted by Gasteiger charge is 2.01. The van der Waals surface area contributed by atoms with Crippen LogP contribution < -0.4 is 0 Å². The van der Waals surface area contributed by atoms with Gasteiger partial charge in [-0.25, -0.2) is 0 Å². The molecule has 0 atom stereocenters. The highest BCUT2D eigenvalue weighted by Crippen LogP contribution is 2.32. The zero-order chi connectivity index (χ0) is 12.7. The van der Waals surface area contributed by atoms with Crippen molar-refractivity contribution >= 4 is 31.5 Å². The van der Waals surface area contributed by atoms with Crippen LogP contribution in [0.25, 0.3) is 20.2 Å². The molecule has 0 radical (unpaired) electrons. The summed E-state index contributed by atoms with van der Waals surface area (Å²) in [5.74, 6) is 0. The van der Waals surface area contributed by atoms with Gasteiger partial charge in [0.2, 0.25) is 0 Å². The van der Waals surface area contributed by atoms with Gasteiger partial charge in [0.15, 0.2) is 0 Å². The summed E-state index contributed by atoms with van der Waals surface area (Å²) in [5.41, 5.74) is 0. The van der Waals surface area contributed by atoms with Gasteiger partial charge < -0.3 is 0 Å². The molecule has 0 unspecified atom stereocenters. The minimum Gasteiger partial charge on any atom is -0.135 e. The lowest BCUT2D eigenvalue weighted by Crippen LogP contribution is -1.62. The Labute approximate surface area is 103 Å².